The van der Waals surface area contributed by atoms with Gasteiger partial charge in [0.15, 0.2) is 5.75 Å². The van der Waals surface area contributed by atoms with Crippen LogP contribution in [0.3, 0.4) is 0 Å². The summed E-state index contributed by atoms with van der Waals surface area (Å²) in [5.41, 5.74) is 1.06. The molecule has 1 N–H and O–H groups in total. The average molecular weight is 514 g/mol. The van der Waals surface area contributed by atoms with E-state index in [0.29, 0.717) is 25.5 Å². The highest BCUT2D eigenvalue weighted by Gasteiger charge is 2.21. The molecule has 10 nitrogen and oxygen atoms in total. The van der Waals surface area contributed by atoms with E-state index in [0.717, 1.165) is 17.5 Å². The minimum Gasteiger partial charge on any atom is -0.466 e. The number of carbonyl (C=O) groups excluding carboxylic acids is 1. The highest BCUT2D eigenvalue weighted by Crippen LogP contribution is 2.35. The maximum absolute atomic E-state index is 13.0. The molecule has 0 saturated carbocycles. The molecule has 0 radical (unpaired) electrons. The van der Waals surface area contributed by atoms with Gasteiger partial charge in [0.05, 0.1) is 31.6 Å². The van der Waals surface area contributed by atoms with E-state index >= 15 is 0 Å². The van der Waals surface area contributed by atoms with Gasteiger partial charge in [0, 0.05) is 23.0 Å². The summed E-state index contributed by atoms with van der Waals surface area (Å²) in [5, 5.41) is 10.8. The minimum absolute atomic E-state index is 0.0377. The van der Waals surface area contributed by atoms with Crippen molar-refractivity contribution >= 4 is 34.0 Å². The van der Waals surface area contributed by atoms with Crippen LogP contribution in [0, 0.1) is 6.92 Å². The minimum atomic E-state index is -3.09. The predicted molar refractivity (Wildman–Crippen MR) is 118 cm³/mol. The molecular formula is C20H18ClF2N5O5S. The van der Waals surface area contributed by atoms with Crippen molar-refractivity contribution < 1.29 is 32.5 Å². The van der Waals surface area contributed by atoms with Crippen LogP contribution in [0.5, 0.6) is 10.9 Å². The lowest BCUT2D eigenvalue weighted by atomic mass is 10.0. The molecule has 4 heterocycles. The van der Waals surface area contributed by atoms with E-state index in [1.165, 1.54) is 12.3 Å². The first-order valence-electron chi connectivity index (χ1n) is 9.93. The van der Waals surface area contributed by atoms with Crippen molar-refractivity contribution in [3.8, 4) is 22.1 Å². The van der Waals surface area contributed by atoms with E-state index in [-0.39, 0.29) is 50.6 Å². The highest BCUT2D eigenvalue weighted by atomic mass is 35.5. The number of anilines is 1. The number of alkyl halides is 2. The van der Waals surface area contributed by atoms with Crippen molar-refractivity contribution in [1.29, 1.82) is 0 Å². The zero-order chi connectivity index (χ0) is 24.1. The van der Waals surface area contributed by atoms with Crippen molar-refractivity contribution in [1.82, 2.24) is 20.2 Å². The van der Waals surface area contributed by atoms with Crippen molar-refractivity contribution in [2.45, 2.75) is 19.6 Å². The molecule has 1 amide bonds. The van der Waals surface area contributed by atoms with Crippen LogP contribution in [0.2, 0.25) is 5.15 Å². The van der Waals surface area contributed by atoms with Gasteiger partial charge in [0.2, 0.25) is 5.13 Å². The summed E-state index contributed by atoms with van der Waals surface area (Å²) < 4.78 is 46.7. The van der Waals surface area contributed by atoms with E-state index in [1.54, 1.807) is 13.0 Å². The van der Waals surface area contributed by atoms with Gasteiger partial charge in [-0.05, 0) is 30.4 Å². The summed E-state index contributed by atoms with van der Waals surface area (Å²) in [4.78, 5) is 21.0. The number of carbonyl (C=O) groups is 1. The summed E-state index contributed by atoms with van der Waals surface area (Å²) in [6.07, 6.45) is 2.17. The van der Waals surface area contributed by atoms with Crippen molar-refractivity contribution in [3.63, 3.8) is 0 Å². The second-order valence-corrected chi connectivity index (χ2v) is 8.29. The van der Waals surface area contributed by atoms with Crippen molar-refractivity contribution in [2.75, 3.05) is 31.7 Å². The van der Waals surface area contributed by atoms with Crippen molar-refractivity contribution in [3.05, 3.63) is 40.9 Å². The molecular weight excluding hydrogens is 496 g/mol. The molecule has 14 heteroatoms. The Bertz CT molecular complexity index is 1160. The first-order chi connectivity index (χ1) is 16.4. The van der Waals surface area contributed by atoms with E-state index in [1.807, 2.05) is 0 Å². The van der Waals surface area contributed by atoms with Crippen LogP contribution in [0.4, 0.5) is 13.9 Å². The second kappa shape index (κ2) is 11.0. The van der Waals surface area contributed by atoms with Crippen molar-refractivity contribution in [2.24, 2.45) is 0 Å². The molecule has 1 fully saturated rings. The molecule has 0 spiro atoms. The Labute approximate surface area is 201 Å². The maximum atomic E-state index is 13.0. The van der Waals surface area contributed by atoms with Gasteiger partial charge in [0.1, 0.15) is 17.9 Å². The largest absolute Gasteiger partial charge is 0.466 e. The molecule has 1 aliphatic rings. The normalized spacial score (nSPS) is 15.9. The third-order valence-corrected chi connectivity index (χ3v) is 5.49. The summed E-state index contributed by atoms with van der Waals surface area (Å²) in [5.74, 6) is -0.829. The smallest absolute Gasteiger partial charge is 0.387 e. The van der Waals surface area contributed by atoms with Crippen LogP contribution in [0.1, 0.15) is 16.1 Å². The molecule has 3 aromatic rings. The first kappa shape index (κ1) is 24.1. The molecule has 0 bridgehead atoms. The summed E-state index contributed by atoms with van der Waals surface area (Å²) in [7, 11) is 0. The fraction of sp³-hybridized carbons (Fsp3) is 0.350. The number of amides is 1. The molecule has 34 heavy (non-hydrogen) atoms. The topological polar surface area (TPSA) is 118 Å². The van der Waals surface area contributed by atoms with Gasteiger partial charge >= 0.3 is 6.61 Å². The van der Waals surface area contributed by atoms with E-state index < -0.39 is 12.5 Å². The Morgan fingerprint density at radius 3 is 2.88 bits per heavy atom. The van der Waals surface area contributed by atoms with Gasteiger partial charge in [-0.2, -0.15) is 8.78 Å². The third kappa shape index (κ3) is 6.11. The Morgan fingerprint density at radius 1 is 1.26 bits per heavy atom. The predicted octanol–water partition coefficient (Wildman–Crippen LogP) is 3.60. The number of ether oxygens (including phenoxy) is 4. The lowest BCUT2D eigenvalue weighted by Gasteiger charge is -2.22. The number of hydrogen-bond donors (Lipinski definition) is 1. The summed E-state index contributed by atoms with van der Waals surface area (Å²) in [6.45, 7) is 0.282. The van der Waals surface area contributed by atoms with Crippen LogP contribution < -0.4 is 14.8 Å². The highest BCUT2D eigenvalue weighted by molar-refractivity contribution is 7.17. The second-order valence-electron chi connectivity index (χ2n) is 6.96. The molecule has 1 saturated heterocycles. The summed E-state index contributed by atoms with van der Waals surface area (Å²) >= 11 is 6.99. The van der Waals surface area contributed by atoms with Crippen LogP contribution in [0.25, 0.3) is 11.1 Å². The Balaban J connectivity index is 1.53. The van der Waals surface area contributed by atoms with Gasteiger partial charge in [-0.15, -0.1) is 5.10 Å². The van der Waals surface area contributed by atoms with Gasteiger partial charge in [0.25, 0.3) is 11.1 Å². The Kier molecular flexibility index (Phi) is 7.77. The molecule has 1 atom stereocenters. The summed E-state index contributed by atoms with van der Waals surface area (Å²) in [6, 6.07) is 2.89. The number of nitrogens with one attached hydrogen (secondary N) is 1. The molecule has 0 unspecified atom stereocenters. The maximum Gasteiger partial charge on any atom is 0.387 e. The Hall–Kier alpha value is -3.00. The molecule has 0 aliphatic carbocycles. The van der Waals surface area contributed by atoms with Crippen LogP contribution in [-0.4, -0.2) is 65.2 Å². The van der Waals surface area contributed by atoms with Crippen LogP contribution >= 0.6 is 22.9 Å². The molecule has 0 aromatic carbocycles. The SMILES string of the molecule is Cc1cc(-c2cc(Cl)ncc2OC(F)F)c(C(=O)Nc2nnc(OC[C@@H]3COCCO3)s2)cn1. The lowest BCUT2D eigenvalue weighted by molar-refractivity contribution is -0.101. The van der Waals surface area contributed by atoms with E-state index in [2.05, 4.69) is 30.2 Å². The number of halogens is 3. The first-order valence-corrected chi connectivity index (χ1v) is 11.1. The zero-order valence-corrected chi connectivity index (χ0v) is 19.2. The van der Waals surface area contributed by atoms with E-state index in [9.17, 15) is 13.6 Å². The standard InChI is InChI=1S/C20H18ClF2N5O5S/c1-10-4-12(13-5-16(21)25-7-15(13)33-18(22)23)14(6-24-10)17(29)26-19-27-28-20(34-19)32-9-11-8-30-2-3-31-11/h4-7,11,18H,2-3,8-9H2,1H3,(H,26,27,29)/t11-/m0/s1. The number of pyridine rings is 2. The molecule has 180 valence electrons. The van der Waals surface area contributed by atoms with E-state index in [4.69, 9.17) is 25.8 Å². The average Bonchev–Trinajstić information content (AvgIpc) is 3.26. The molecule has 4 rings (SSSR count). The quantitative estimate of drug-likeness (QED) is 0.451. The van der Waals surface area contributed by atoms with Crippen LogP contribution in [0.15, 0.2) is 24.5 Å². The number of hydrogen-bond acceptors (Lipinski definition) is 10. The Morgan fingerprint density at radius 2 is 2.12 bits per heavy atom. The van der Waals surface area contributed by atoms with Gasteiger partial charge in [-0.1, -0.05) is 16.7 Å². The van der Waals surface area contributed by atoms with Gasteiger partial charge in [-0.3, -0.25) is 15.1 Å². The zero-order valence-electron chi connectivity index (χ0n) is 17.7. The fourth-order valence-corrected chi connectivity index (χ4v) is 3.82. The lowest BCUT2D eigenvalue weighted by Crippen LogP contribution is -2.33. The monoisotopic (exact) mass is 513 g/mol. The number of aromatic nitrogens is 4. The third-order valence-electron chi connectivity index (χ3n) is 4.53. The number of rotatable bonds is 8. The number of aryl methyl sites for hydroxylation is 1. The number of nitrogens with zero attached hydrogens (tertiary/aromatic N) is 4. The van der Waals surface area contributed by atoms with Crippen LogP contribution in [-0.2, 0) is 9.47 Å². The van der Waals surface area contributed by atoms with Gasteiger partial charge in [-0.25, -0.2) is 4.98 Å². The fourth-order valence-electron chi connectivity index (χ4n) is 3.06. The molecule has 3 aromatic heterocycles. The van der Waals surface area contributed by atoms with Gasteiger partial charge < -0.3 is 18.9 Å². The molecule has 1 aliphatic heterocycles.